The highest BCUT2D eigenvalue weighted by Crippen LogP contribution is 2.19. The van der Waals surface area contributed by atoms with Gasteiger partial charge in [0.05, 0.1) is 5.75 Å². The first-order valence-corrected chi connectivity index (χ1v) is 9.02. The van der Waals surface area contributed by atoms with Gasteiger partial charge in [-0.25, -0.2) is 0 Å². The van der Waals surface area contributed by atoms with Crippen molar-refractivity contribution in [2.75, 3.05) is 11.1 Å². The molecule has 8 heteroatoms. The fraction of sp³-hybridized carbons (Fsp3) is 0.294. The Labute approximate surface area is 148 Å². The van der Waals surface area contributed by atoms with E-state index >= 15 is 0 Å². The number of benzene rings is 1. The molecule has 2 aromatic heterocycles. The average molecular weight is 357 g/mol. The van der Waals surface area contributed by atoms with Crippen LogP contribution in [0.3, 0.4) is 0 Å². The highest BCUT2D eigenvalue weighted by molar-refractivity contribution is 7.99. The van der Waals surface area contributed by atoms with Gasteiger partial charge in [0.25, 0.3) is 5.56 Å². The van der Waals surface area contributed by atoms with Gasteiger partial charge in [-0.05, 0) is 25.0 Å². The van der Waals surface area contributed by atoms with E-state index in [1.54, 1.807) is 10.5 Å². The Morgan fingerprint density at radius 3 is 2.88 bits per heavy atom. The fourth-order valence-corrected chi connectivity index (χ4v) is 3.30. The van der Waals surface area contributed by atoms with Gasteiger partial charge in [-0.2, -0.15) is 0 Å². The molecule has 2 N–H and O–H groups in total. The van der Waals surface area contributed by atoms with E-state index in [2.05, 4.69) is 20.5 Å². The quantitative estimate of drug-likeness (QED) is 0.661. The van der Waals surface area contributed by atoms with E-state index in [-0.39, 0.29) is 17.2 Å². The number of H-pyrrole nitrogens is 1. The SMILES string of the molecule is CCCc1cc(=O)[nH]c2nnc(SCC(=O)Nc3ccccc3C)n12. The Balaban J connectivity index is 1.76. The largest absolute Gasteiger partial charge is 0.325 e. The minimum absolute atomic E-state index is 0.113. The van der Waals surface area contributed by atoms with E-state index in [0.717, 1.165) is 29.8 Å². The molecule has 0 radical (unpaired) electrons. The zero-order chi connectivity index (χ0) is 17.8. The minimum atomic E-state index is -0.197. The molecule has 3 rings (SSSR count). The lowest BCUT2D eigenvalue weighted by atomic mass is 10.2. The van der Waals surface area contributed by atoms with Gasteiger partial charge in [0.1, 0.15) is 0 Å². The number of hydrogen-bond acceptors (Lipinski definition) is 5. The van der Waals surface area contributed by atoms with Crippen molar-refractivity contribution >= 4 is 29.1 Å². The van der Waals surface area contributed by atoms with Crippen LogP contribution < -0.4 is 10.9 Å². The number of anilines is 1. The molecule has 0 fully saturated rings. The molecule has 2 heterocycles. The van der Waals surface area contributed by atoms with Gasteiger partial charge in [-0.3, -0.25) is 19.0 Å². The number of hydrogen-bond donors (Lipinski definition) is 2. The molecule has 0 saturated heterocycles. The predicted molar refractivity (Wildman–Crippen MR) is 98.1 cm³/mol. The molecule has 0 bridgehead atoms. The first-order chi connectivity index (χ1) is 12.1. The van der Waals surface area contributed by atoms with Crippen molar-refractivity contribution in [1.29, 1.82) is 0 Å². The summed E-state index contributed by atoms with van der Waals surface area (Å²) < 4.78 is 1.80. The number of para-hydroxylation sites is 1. The summed E-state index contributed by atoms with van der Waals surface area (Å²) in [5.41, 5.74) is 2.46. The summed E-state index contributed by atoms with van der Waals surface area (Å²) in [7, 11) is 0. The number of aromatic amines is 1. The van der Waals surface area contributed by atoms with Gasteiger partial charge in [0, 0.05) is 17.4 Å². The lowest BCUT2D eigenvalue weighted by Crippen LogP contribution is -2.15. The third-order valence-electron chi connectivity index (χ3n) is 3.71. The van der Waals surface area contributed by atoms with Gasteiger partial charge >= 0.3 is 0 Å². The summed E-state index contributed by atoms with van der Waals surface area (Å²) in [4.78, 5) is 26.6. The Morgan fingerprint density at radius 2 is 2.12 bits per heavy atom. The maximum absolute atomic E-state index is 12.2. The van der Waals surface area contributed by atoms with Crippen molar-refractivity contribution in [3.63, 3.8) is 0 Å². The second-order valence-electron chi connectivity index (χ2n) is 5.67. The van der Waals surface area contributed by atoms with Crippen LogP contribution in [-0.4, -0.2) is 31.2 Å². The molecule has 0 aliphatic heterocycles. The smallest absolute Gasteiger partial charge is 0.252 e. The van der Waals surface area contributed by atoms with Crippen LogP contribution in [-0.2, 0) is 11.2 Å². The van der Waals surface area contributed by atoms with Crippen molar-refractivity contribution < 1.29 is 4.79 Å². The first-order valence-electron chi connectivity index (χ1n) is 8.04. The zero-order valence-electron chi connectivity index (χ0n) is 14.1. The molecule has 0 saturated carbocycles. The molecular formula is C17H19N5O2S. The molecule has 0 atom stereocenters. The number of carbonyl (C=O) groups excluding carboxylic acids is 1. The monoisotopic (exact) mass is 357 g/mol. The zero-order valence-corrected chi connectivity index (χ0v) is 14.9. The molecule has 0 aliphatic rings. The van der Waals surface area contributed by atoms with Crippen LogP contribution in [0.2, 0.25) is 0 Å². The molecule has 0 unspecified atom stereocenters. The third kappa shape index (κ3) is 3.90. The van der Waals surface area contributed by atoms with Gasteiger partial charge in [-0.15, -0.1) is 10.2 Å². The fourth-order valence-electron chi connectivity index (χ4n) is 2.54. The summed E-state index contributed by atoms with van der Waals surface area (Å²) >= 11 is 1.29. The Kier molecular flexibility index (Phi) is 5.18. The number of nitrogens with one attached hydrogen (secondary N) is 2. The van der Waals surface area contributed by atoms with Gasteiger partial charge in [0.2, 0.25) is 11.7 Å². The van der Waals surface area contributed by atoms with E-state index < -0.39 is 0 Å². The molecule has 25 heavy (non-hydrogen) atoms. The number of nitrogens with zero attached hydrogens (tertiary/aromatic N) is 3. The van der Waals surface area contributed by atoms with Gasteiger partial charge in [0.15, 0.2) is 5.16 Å². The van der Waals surface area contributed by atoms with E-state index in [1.807, 2.05) is 38.1 Å². The van der Waals surface area contributed by atoms with Crippen LogP contribution >= 0.6 is 11.8 Å². The summed E-state index contributed by atoms with van der Waals surface area (Å²) in [5, 5.41) is 11.6. The average Bonchev–Trinajstić information content (AvgIpc) is 2.98. The molecule has 130 valence electrons. The number of carbonyl (C=O) groups is 1. The van der Waals surface area contributed by atoms with Crippen LogP contribution in [0.1, 0.15) is 24.6 Å². The van der Waals surface area contributed by atoms with Crippen molar-refractivity contribution in [1.82, 2.24) is 19.6 Å². The van der Waals surface area contributed by atoms with Gasteiger partial charge in [-0.1, -0.05) is 43.3 Å². The van der Waals surface area contributed by atoms with E-state index in [1.165, 1.54) is 11.8 Å². The van der Waals surface area contributed by atoms with Crippen molar-refractivity contribution in [2.24, 2.45) is 0 Å². The van der Waals surface area contributed by atoms with Crippen molar-refractivity contribution in [3.8, 4) is 0 Å². The number of fused-ring (bicyclic) bond motifs is 1. The Bertz CT molecular complexity index is 963. The summed E-state index contributed by atoms with van der Waals surface area (Å²) in [6, 6.07) is 9.18. The second kappa shape index (κ2) is 7.52. The maximum atomic E-state index is 12.2. The van der Waals surface area contributed by atoms with Crippen molar-refractivity contribution in [2.45, 2.75) is 31.8 Å². The molecule has 0 aliphatic carbocycles. The van der Waals surface area contributed by atoms with Crippen LogP contribution in [0.4, 0.5) is 5.69 Å². The molecular weight excluding hydrogens is 338 g/mol. The first kappa shape index (κ1) is 17.2. The third-order valence-corrected chi connectivity index (χ3v) is 4.64. The van der Waals surface area contributed by atoms with E-state index in [9.17, 15) is 9.59 Å². The van der Waals surface area contributed by atoms with Crippen LogP contribution in [0.15, 0.2) is 40.3 Å². The number of thioether (sulfide) groups is 1. The van der Waals surface area contributed by atoms with Crippen molar-refractivity contribution in [3.05, 3.63) is 51.9 Å². The van der Waals surface area contributed by atoms with Crippen LogP contribution in [0, 0.1) is 6.92 Å². The summed E-state index contributed by atoms with van der Waals surface area (Å²) in [5.74, 6) is 0.495. The minimum Gasteiger partial charge on any atom is -0.325 e. The standard InChI is InChI=1S/C17H19N5O2S/c1-3-6-12-9-14(23)19-16-20-21-17(22(12)16)25-10-15(24)18-13-8-5-4-7-11(13)2/h4-5,7-9H,3,6,10H2,1-2H3,(H,18,24)(H,19,20,23). The van der Waals surface area contributed by atoms with Crippen LogP contribution in [0.5, 0.6) is 0 Å². The number of rotatable bonds is 6. The Hall–Kier alpha value is -2.61. The number of amides is 1. The molecule has 1 amide bonds. The Morgan fingerprint density at radius 1 is 1.32 bits per heavy atom. The molecule has 1 aromatic carbocycles. The topological polar surface area (TPSA) is 92.2 Å². The lowest BCUT2D eigenvalue weighted by molar-refractivity contribution is -0.113. The second-order valence-corrected chi connectivity index (χ2v) is 6.61. The number of aromatic nitrogens is 4. The summed E-state index contributed by atoms with van der Waals surface area (Å²) in [6.45, 7) is 3.99. The highest BCUT2D eigenvalue weighted by atomic mass is 32.2. The molecule has 7 nitrogen and oxygen atoms in total. The molecule has 0 spiro atoms. The molecule has 3 aromatic rings. The number of aryl methyl sites for hydroxylation is 2. The maximum Gasteiger partial charge on any atom is 0.252 e. The highest BCUT2D eigenvalue weighted by Gasteiger charge is 2.13. The van der Waals surface area contributed by atoms with E-state index in [4.69, 9.17) is 0 Å². The van der Waals surface area contributed by atoms with Gasteiger partial charge < -0.3 is 5.32 Å². The van der Waals surface area contributed by atoms with E-state index in [0.29, 0.717) is 10.9 Å². The lowest BCUT2D eigenvalue weighted by Gasteiger charge is -2.08. The predicted octanol–water partition coefficient (Wildman–Crippen LogP) is 2.41. The summed E-state index contributed by atoms with van der Waals surface area (Å²) in [6.07, 6.45) is 1.63. The van der Waals surface area contributed by atoms with Crippen LogP contribution in [0.25, 0.3) is 5.78 Å². The normalized spacial score (nSPS) is 11.0.